The quantitative estimate of drug-likeness (QED) is 0.631. The van der Waals surface area contributed by atoms with Crippen LogP contribution in [0.5, 0.6) is 0 Å². The number of pyridine rings is 1. The van der Waals surface area contributed by atoms with Gasteiger partial charge in [0.25, 0.3) is 0 Å². The van der Waals surface area contributed by atoms with Crippen molar-refractivity contribution in [2.75, 3.05) is 18.0 Å². The molecule has 0 bridgehead atoms. The Hall–Kier alpha value is -2.51. The van der Waals surface area contributed by atoms with E-state index in [0.29, 0.717) is 24.8 Å². The van der Waals surface area contributed by atoms with E-state index in [4.69, 9.17) is 4.52 Å². The third kappa shape index (κ3) is 2.76. The molecule has 4 rings (SSSR count). The third-order valence-electron chi connectivity index (χ3n) is 4.51. The molecule has 8 nitrogen and oxygen atoms in total. The lowest BCUT2D eigenvalue weighted by atomic mass is 9.96. The van der Waals surface area contributed by atoms with Crippen molar-refractivity contribution in [3.8, 4) is 0 Å². The Morgan fingerprint density at radius 3 is 2.70 bits per heavy atom. The van der Waals surface area contributed by atoms with E-state index in [-0.39, 0.29) is 16.5 Å². The van der Waals surface area contributed by atoms with Crippen molar-refractivity contribution in [1.29, 1.82) is 0 Å². The third-order valence-corrected chi connectivity index (χ3v) is 4.51. The summed E-state index contributed by atoms with van der Waals surface area (Å²) in [4.78, 5) is 21.4. The molecule has 0 N–H and O–H groups in total. The molecule has 2 fully saturated rings. The van der Waals surface area contributed by atoms with Crippen LogP contribution < -0.4 is 4.90 Å². The molecule has 0 atom stereocenters. The van der Waals surface area contributed by atoms with Gasteiger partial charge < -0.3 is 9.42 Å². The first-order valence-electron chi connectivity index (χ1n) is 7.90. The maximum absolute atomic E-state index is 11.1. The maximum atomic E-state index is 11.1. The van der Waals surface area contributed by atoms with Gasteiger partial charge in [0.05, 0.1) is 4.92 Å². The summed E-state index contributed by atoms with van der Waals surface area (Å²) >= 11 is 0. The number of nitro groups is 1. The van der Waals surface area contributed by atoms with Crippen molar-refractivity contribution < 1.29 is 9.45 Å². The van der Waals surface area contributed by atoms with E-state index in [1.54, 1.807) is 12.3 Å². The Kier molecular flexibility index (Phi) is 3.44. The average Bonchev–Trinajstić information content (AvgIpc) is 3.32. The molecule has 0 spiro atoms. The molecule has 1 aliphatic carbocycles. The Morgan fingerprint density at radius 1 is 1.22 bits per heavy atom. The van der Waals surface area contributed by atoms with Gasteiger partial charge in [-0.3, -0.25) is 10.1 Å². The summed E-state index contributed by atoms with van der Waals surface area (Å²) in [5.74, 6) is 2.71. The first kappa shape index (κ1) is 14.1. The van der Waals surface area contributed by atoms with Crippen LogP contribution in [0.2, 0.25) is 0 Å². The largest absolute Gasteiger partial charge is 0.351 e. The monoisotopic (exact) mass is 315 g/mol. The van der Waals surface area contributed by atoms with Gasteiger partial charge in [0.15, 0.2) is 5.82 Å². The SMILES string of the molecule is O=[N+]([O-])c1cccnc1N1CCC(c2noc(C3CC3)n2)CC1. The molecule has 0 radical (unpaired) electrons. The molecule has 2 aromatic rings. The molecule has 2 aliphatic rings. The lowest BCUT2D eigenvalue weighted by Gasteiger charge is -2.30. The number of aromatic nitrogens is 3. The summed E-state index contributed by atoms with van der Waals surface area (Å²) in [6, 6.07) is 3.09. The fourth-order valence-corrected chi connectivity index (χ4v) is 3.03. The van der Waals surface area contributed by atoms with Crippen LogP contribution in [0.25, 0.3) is 0 Å². The van der Waals surface area contributed by atoms with Crippen molar-refractivity contribution in [2.24, 2.45) is 0 Å². The van der Waals surface area contributed by atoms with Gasteiger partial charge in [0, 0.05) is 37.2 Å². The second-order valence-corrected chi connectivity index (χ2v) is 6.13. The van der Waals surface area contributed by atoms with E-state index in [0.717, 1.165) is 37.4 Å². The second kappa shape index (κ2) is 5.60. The van der Waals surface area contributed by atoms with Gasteiger partial charge >= 0.3 is 5.69 Å². The highest BCUT2D eigenvalue weighted by Crippen LogP contribution is 2.40. The van der Waals surface area contributed by atoms with Gasteiger partial charge in [-0.15, -0.1) is 0 Å². The van der Waals surface area contributed by atoms with Crippen molar-refractivity contribution in [3.63, 3.8) is 0 Å². The van der Waals surface area contributed by atoms with Crippen LogP contribution in [0.3, 0.4) is 0 Å². The molecule has 1 aliphatic heterocycles. The molecule has 0 aromatic carbocycles. The van der Waals surface area contributed by atoms with E-state index >= 15 is 0 Å². The summed E-state index contributed by atoms with van der Waals surface area (Å²) in [5, 5.41) is 15.2. The topological polar surface area (TPSA) is 98.2 Å². The summed E-state index contributed by atoms with van der Waals surface area (Å²) in [6.45, 7) is 1.41. The van der Waals surface area contributed by atoms with E-state index in [2.05, 4.69) is 15.1 Å². The minimum atomic E-state index is -0.379. The predicted molar refractivity (Wildman–Crippen MR) is 81.4 cm³/mol. The summed E-state index contributed by atoms with van der Waals surface area (Å²) in [5.41, 5.74) is 0.0570. The molecule has 120 valence electrons. The predicted octanol–water partition coefficient (Wildman–Crippen LogP) is 2.63. The molecule has 2 aromatic heterocycles. The Morgan fingerprint density at radius 2 is 2.00 bits per heavy atom. The normalized spacial score (nSPS) is 19.0. The van der Waals surface area contributed by atoms with E-state index < -0.39 is 0 Å². The highest BCUT2D eigenvalue weighted by Gasteiger charge is 2.32. The van der Waals surface area contributed by atoms with Crippen molar-refractivity contribution >= 4 is 11.5 Å². The minimum absolute atomic E-state index is 0.0570. The van der Waals surface area contributed by atoms with E-state index in [1.807, 2.05) is 4.90 Å². The average molecular weight is 315 g/mol. The van der Waals surface area contributed by atoms with Crippen LogP contribution in [0.1, 0.15) is 49.2 Å². The molecule has 8 heteroatoms. The Labute approximate surface area is 132 Å². The zero-order valence-corrected chi connectivity index (χ0v) is 12.6. The lowest BCUT2D eigenvalue weighted by Crippen LogP contribution is -2.34. The fraction of sp³-hybridized carbons (Fsp3) is 0.533. The molecule has 1 saturated carbocycles. The molecule has 1 saturated heterocycles. The molecule has 0 unspecified atom stereocenters. The number of piperidine rings is 1. The summed E-state index contributed by atoms with van der Waals surface area (Å²) in [7, 11) is 0. The lowest BCUT2D eigenvalue weighted by molar-refractivity contribution is -0.384. The smallest absolute Gasteiger partial charge is 0.311 e. The molecular formula is C15H17N5O3. The van der Waals surface area contributed by atoms with Crippen molar-refractivity contribution in [1.82, 2.24) is 15.1 Å². The zero-order chi connectivity index (χ0) is 15.8. The summed E-state index contributed by atoms with van der Waals surface area (Å²) < 4.78 is 5.33. The molecule has 3 heterocycles. The van der Waals surface area contributed by atoms with E-state index in [1.165, 1.54) is 6.07 Å². The highest BCUT2D eigenvalue weighted by atomic mass is 16.6. The van der Waals surface area contributed by atoms with Gasteiger partial charge in [-0.05, 0) is 31.7 Å². The number of rotatable bonds is 4. The zero-order valence-electron chi connectivity index (χ0n) is 12.6. The van der Waals surface area contributed by atoms with Crippen LogP contribution in [0.15, 0.2) is 22.9 Å². The maximum Gasteiger partial charge on any atom is 0.311 e. The fourth-order valence-electron chi connectivity index (χ4n) is 3.03. The van der Waals surface area contributed by atoms with Gasteiger partial charge in [-0.1, -0.05) is 5.16 Å². The van der Waals surface area contributed by atoms with Crippen LogP contribution in [-0.4, -0.2) is 33.1 Å². The first-order chi connectivity index (χ1) is 11.2. The number of hydrogen-bond donors (Lipinski definition) is 0. The van der Waals surface area contributed by atoms with Gasteiger partial charge in [0.2, 0.25) is 11.7 Å². The Balaban J connectivity index is 1.45. The van der Waals surface area contributed by atoms with E-state index in [9.17, 15) is 10.1 Å². The van der Waals surface area contributed by atoms with Gasteiger partial charge in [0.1, 0.15) is 0 Å². The number of hydrogen-bond acceptors (Lipinski definition) is 7. The first-order valence-corrected chi connectivity index (χ1v) is 7.90. The number of nitrogens with zero attached hydrogens (tertiary/aromatic N) is 5. The standard InChI is InChI=1S/C15H17N5O3/c21-20(22)12-2-1-7-16-14(12)19-8-5-10(6-9-19)13-17-15(23-18-13)11-3-4-11/h1-2,7,10-11H,3-6,8-9H2. The minimum Gasteiger partial charge on any atom is -0.351 e. The number of anilines is 1. The van der Waals surface area contributed by atoms with Gasteiger partial charge in [-0.25, -0.2) is 4.98 Å². The summed E-state index contributed by atoms with van der Waals surface area (Å²) in [6.07, 6.45) is 5.57. The van der Waals surface area contributed by atoms with Crippen molar-refractivity contribution in [3.05, 3.63) is 40.2 Å². The second-order valence-electron chi connectivity index (χ2n) is 6.13. The van der Waals surface area contributed by atoms with Crippen LogP contribution in [0, 0.1) is 10.1 Å². The molecule has 0 amide bonds. The molecule has 23 heavy (non-hydrogen) atoms. The molecular weight excluding hydrogens is 298 g/mol. The van der Waals surface area contributed by atoms with Gasteiger partial charge in [-0.2, -0.15) is 4.98 Å². The highest BCUT2D eigenvalue weighted by molar-refractivity contribution is 5.57. The van der Waals surface area contributed by atoms with Crippen LogP contribution in [0.4, 0.5) is 11.5 Å². The van der Waals surface area contributed by atoms with Crippen molar-refractivity contribution in [2.45, 2.75) is 37.5 Å². The van der Waals surface area contributed by atoms with Crippen LogP contribution in [-0.2, 0) is 0 Å². The Bertz CT molecular complexity index is 719. The van der Waals surface area contributed by atoms with Crippen LogP contribution >= 0.6 is 0 Å².